The van der Waals surface area contributed by atoms with E-state index in [0.29, 0.717) is 5.11 Å². The normalized spacial score (nSPS) is 10.7. The highest BCUT2D eigenvalue weighted by molar-refractivity contribution is 7.80. The minimum Gasteiger partial charge on any atom is -0.508 e. The van der Waals surface area contributed by atoms with Crippen LogP contribution in [0.1, 0.15) is 5.56 Å². The zero-order valence-corrected chi connectivity index (χ0v) is 16.2. The molecule has 3 aromatic carbocycles. The smallest absolute Gasteiger partial charge is 0.175 e. The molecule has 3 N–H and O–H groups in total. The average molecular weight is 392 g/mol. The summed E-state index contributed by atoms with van der Waals surface area (Å²) in [5.74, 6) is 0.193. The van der Waals surface area contributed by atoms with Crippen molar-refractivity contribution in [3.05, 3.63) is 72.3 Å². The van der Waals surface area contributed by atoms with E-state index in [-0.39, 0.29) is 5.75 Å². The highest BCUT2D eigenvalue weighted by Crippen LogP contribution is 2.31. The number of rotatable bonds is 3. The maximum absolute atomic E-state index is 9.51. The van der Waals surface area contributed by atoms with Crippen molar-refractivity contribution in [2.24, 2.45) is 0 Å². The van der Waals surface area contributed by atoms with Crippen molar-refractivity contribution in [3.8, 4) is 16.3 Å². The largest absolute Gasteiger partial charge is 0.508 e. The maximum Gasteiger partial charge on any atom is 0.175 e. The Labute approximate surface area is 166 Å². The summed E-state index contributed by atoms with van der Waals surface area (Å²) in [4.78, 5) is 4.72. The molecule has 0 unspecified atom stereocenters. The molecule has 0 saturated heterocycles. The van der Waals surface area contributed by atoms with E-state index < -0.39 is 0 Å². The van der Waals surface area contributed by atoms with Crippen LogP contribution in [-0.4, -0.2) is 15.2 Å². The van der Waals surface area contributed by atoms with Gasteiger partial charge in [-0.1, -0.05) is 12.1 Å². The standard InChI is InChI=1S/C21H17N3OS2/c1-13-5-10-18-19(11-13)27-20(24-18)14-6-8-15(9-7-14)22-21(26)23-16-3-2-4-17(25)12-16/h2-12,25H,1H3,(H2,22,23,26). The summed E-state index contributed by atoms with van der Waals surface area (Å²) in [5, 5.41) is 17.2. The highest BCUT2D eigenvalue weighted by Gasteiger charge is 2.07. The number of nitrogens with zero attached hydrogens (tertiary/aromatic N) is 1. The molecule has 0 fully saturated rings. The first-order chi connectivity index (χ1) is 13.1. The summed E-state index contributed by atoms with van der Waals surface area (Å²) in [6.45, 7) is 2.09. The van der Waals surface area contributed by atoms with Crippen LogP contribution in [0.2, 0.25) is 0 Å². The van der Waals surface area contributed by atoms with Gasteiger partial charge in [0.2, 0.25) is 0 Å². The van der Waals surface area contributed by atoms with E-state index in [9.17, 15) is 5.11 Å². The topological polar surface area (TPSA) is 57.2 Å². The second-order valence-corrected chi connectivity index (χ2v) is 7.64. The monoisotopic (exact) mass is 391 g/mol. The molecule has 0 aliphatic rings. The number of hydrogen-bond donors (Lipinski definition) is 3. The minimum atomic E-state index is 0.193. The van der Waals surface area contributed by atoms with Crippen molar-refractivity contribution >= 4 is 50.3 Å². The van der Waals surface area contributed by atoms with E-state index in [1.54, 1.807) is 29.5 Å². The van der Waals surface area contributed by atoms with Gasteiger partial charge < -0.3 is 15.7 Å². The second kappa shape index (κ2) is 7.34. The zero-order chi connectivity index (χ0) is 18.8. The molecule has 0 atom stereocenters. The van der Waals surface area contributed by atoms with Crippen LogP contribution in [0.25, 0.3) is 20.8 Å². The van der Waals surface area contributed by atoms with Crippen molar-refractivity contribution in [2.75, 3.05) is 10.6 Å². The van der Waals surface area contributed by atoms with Crippen LogP contribution in [0.4, 0.5) is 11.4 Å². The quantitative estimate of drug-likeness (QED) is 0.386. The molecular formula is C21H17N3OS2. The number of anilines is 2. The van der Waals surface area contributed by atoms with E-state index in [1.165, 1.54) is 10.3 Å². The number of fused-ring (bicyclic) bond motifs is 1. The van der Waals surface area contributed by atoms with Gasteiger partial charge in [0, 0.05) is 23.0 Å². The lowest BCUT2D eigenvalue weighted by molar-refractivity contribution is 0.475. The molecule has 0 radical (unpaired) electrons. The molecule has 1 aromatic heterocycles. The number of phenols is 1. The Balaban J connectivity index is 1.47. The van der Waals surface area contributed by atoms with Gasteiger partial charge in [-0.3, -0.25) is 0 Å². The van der Waals surface area contributed by atoms with Crippen molar-refractivity contribution < 1.29 is 5.11 Å². The molecule has 0 amide bonds. The molecule has 0 spiro atoms. The minimum absolute atomic E-state index is 0.193. The molecule has 4 rings (SSSR count). The predicted octanol–water partition coefficient (Wildman–Crippen LogP) is 5.79. The van der Waals surface area contributed by atoms with Crippen LogP contribution >= 0.6 is 23.6 Å². The molecule has 6 heteroatoms. The van der Waals surface area contributed by atoms with Gasteiger partial charge in [0.25, 0.3) is 0 Å². The van der Waals surface area contributed by atoms with Gasteiger partial charge in [0.1, 0.15) is 10.8 Å². The number of thiazole rings is 1. The lowest BCUT2D eigenvalue weighted by Gasteiger charge is -2.11. The number of benzene rings is 3. The van der Waals surface area contributed by atoms with Gasteiger partial charge in [-0.15, -0.1) is 11.3 Å². The van der Waals surface area contributed by atoms with Crippen LogP contribution in [0.15, 0.2) is 66.7 Å². The molecule has 1 heterocycles. The molecule has 4 aromatic rings. The van der Waals surface area contributed by atoms with Crippen molar-refractivity contribution in [3.63, 3.8) is 0 Å². The van der Waals surface area contributed by atoms with Gasteiger partial charge in [0.15, 0.2) is 5.11 Å². The lowest BCUT2D eigenvalue weighted by Crippen LogP contribution is -2.18. The summed E-state index contributed by atoms with van der Waals surface area (Å²) in [6.07, 6.45) is 0. The Morgan fingerprint density at radius 1 is 0.963 bits per heavy atom. The lowest BCUT2D eigenvalue weighted by atomic mass is 10.2. The summed E-state index contributed by atoms with van der Waals surface area (Å²) < 4.78 is 1.20. The van der Waals surface area contributed by atoms with Gasteiger partial charge in [0.05, 0.1) is 10.2 Å². The summed E-state index contributed by atoms with van der Waals surface area (Å²) in [6, 6.07) is 21.2. The summed E-state index contributed by atoms with van der Waals surface area (Å²) in [7, 11) is 0. The van der Waals surface area contributed by atoms with E-state index >= 15 is 0 Å². The first kappa shape index (κ1) is 17.5. The fourth-order valence-corrected chi connectivity index (χ4v) is 4.03. The van der Waals surface area contributed by atoms with E-state index in [1.807, 2.05) is 30.3 Å². The second-order valence-electron chi connectivity index (χ2n) is 6.20. The molecule has 27 heavy (non-hydrogen) atoms. The molecule has 134 valence electrons. The average Bonchev–Trinajstić information content (AvgIpc) is 3.05. The van der Waals surface area contributed by atoms with E-state index in [4.69, 9.17) is 17.2 Å². The number of aromatic nitrogens is 1. The predicted molar refractivity (Wildman–Crippen MR) is 118 cm³/mol. The van der Waals surface area contributed by atoms with Crippen LogP contribution in [-0.2, 0) is 0 Å². The fraction of sp³-hybridized carbons (Fsp3) is 0.0476. The molecule has 4 nitrogen and oxygen atoms in total. The third-order valence-electron chi connectivity index (χ3n) is 4.04. The Bertz CT molecular complexity index is 1120. The Kier molecular flexibility index (Phi) is 4.75. The molecule has 0 bridgehead atoms. The zero-order valence-electron chi connectivity index (χ0n) is 14.6. The number of hydrogen-bond acceptors (Lipinski definition) is 4. The molecular weight excluding hydrogens is 374 g/mol. The van der Waals surface area contributed by atoms with Crippen LogP contribution < -0.4 is 10.6 Å². The van der Waals surface area contributed by atoms with Gasteiger partial charge >= 0.3 is 0 Å². The first-order valence-electron chi connectivity index (χ1n) is 8.41. The Morgan fingerprint density at radius 2 is 1.74 bits per heavy atom. The van der Waals surface area contributed by atoms with Gasteiger partial charge in [-0.2, -0.15) is 0 Å². The van der Waals surface area contributed by atoms with E-state index in [2.05, 4.69) is 35.8 Å². The SMILES string of the molecule is Cc1ccc2nc(-c3ccc(NC(=S)Nc4cccc(O)c4)cc3)sc2c1. The number of aromatic hydroxyl groups is 1. The number of phenolic OH excluding ortho intramolecular Hbond substituents is 1. The number of nitrogens with one attached hydrogen (secondary N) is 2. The van der Waals surface area contributed by atoms with Crippen LogP contribution in [0, 0.1) is 6.92 Å². The first-order valence-corrected chi connectivity index (χ1v) is 9.64. The third kappa shape index (κ3) is 4.07. The van der Waals surface area contributed by atoms with Gasteiger partial charge in [-0.25, -0.2) is 4.98 Å². The van der Waals surface area contributed by atoms with Crippen LogP contribution in [0.3, 0.4) is 0 Å². The third-order valence-corrected chi connectivity index (χ3v) is 5.31. The number of aryl methyl sites for hydroxylation is 1. The van der Waals surface area contributed by atoms with Gasteiger partial charge in [-0.05, 0) is 73.2 Å². The molecule has 0 aliphatic carbocycles. The number of thiocarbonyl (C=S) groups is 1. The summed E-state index contributed by atoms with van der Waals surface area (Å²) in [5.41, 5.74) is 4.96. The van der Waals surface area contributed by atoms with Crippen molar-refractivity contribution in [1.29, 1.82) is 0 Å². The Morgan fingerprint density at radius 3 is 2.52 bits per heavy atom. The summed E-state index contributed by atoms with van der Waals surface area (Å²) >= 11 is 7.02. The van der Waals surface area contributed by atoms with E-state index in [0.717, 1.165) is 27.5 Å². The maximum atomic E-state index is 9.51. The Hall–Kier alpha value is -2.96. The van der Waals surface area contributed by atoms with Crippen molar-refractivity contribution in [2.45, 2.75) is 6.92 Å². The van der Waals surface area contributed by atoms with Crippen molar-refractivity contribution in [1.82, 2.24) is 4.98 Å². The molecule has 0 saturated carbocycles. The highest BCUT2D eigenvalue weighted by atomic mass is 32.1. The van der Waals surface area contributed by atoms with Crippen LogP contribution in [0.5, 0.6) is 5.75 Å². The fourth-order valence-electron chi connectivity index (χ4n) is 2.73. The molecule has 0 aliphatic heterocycles.